The van der Waals surface area contributed by atoms with Crippen LogP contribution in [0.4, 0.5) is 0 Å². The largest absolute Gasteiger partial charge is 0.462 e. The Labute approximate surface area is 462 Å². The number of carbonyl (C=O) groups excluding carboxylic acids is 3. The van der Waals surface area contributed by atoms with Crippen molar-refractivity contribution in [2.45, 2.75) is 380 Å². The van der Waals surface area contributed by atoms with Gasteiger partial charge in [-0.1, -0.05) is 328 Å². The van der Waals surface area contributed by atoms with Gasteiger partial charge >= 0.3 is 17.9 Å². The highest BCUT2D eigenvalue weighted by molar-refractivity contribution is 5.71. The van der Waals surface area contributed by atoms with Gasteiger partial charge in [-0.3, -0.25) is 14.4 Å². The normalized spacial score (nSPS) is 12.1. The molecule has 0 spiro atoms. The summed E-state index contributed by atoms with van der Waals surface area (Å²) in [5.41, 5.74) is 0. The Morgan fingerprint density at radius 3 is 0.743 bits per heavy atom. The van der Waals surface area contributed by atoms with E-state index in [1.165, 1.54) is 270 Å². The fourth-order valence-electron chi connectivity index (χ4n) is 10.2. The molecule has 6 nitrogen and oxygen atoms in total. The number of rotatable bonds is 62. The topological polar surface area (TPSA) is 78.9 Å². The predicted molar refractivity (Wildman–Crippen MR) is 321 cm³/mol. The van der Waals surface area contributed by atoms with E-state index in [4.69, 9.17) is 14.2 Å². The second kappa shape index (κ2) is 63.4. The summed E-state index contributed by atoms with van der Waals surface area (Å²) in [5.74, 6) is -0.844. The lowest BCUT2D eigenvalue weighted by atomic mass is 10.0. The Kier molecular flexibility index (Phi) is 61.6. The van der Waals surface area contributed by atoms with Crippen molar-refractivity contribution < 1.29 is 28.6 Å². The predicted octanol–water partition coefficient (Wildman–Crippen LogP) is 22.6. The molecule has 0 N–H and O–H groups in total. The Morgan fingerprint density at radius 2 is 0.486 bits per heavy atom. The van der Waals surface area contributed by atoms with E-state index < -0.39 is 6.10 Å². The van der Waals surface area contributed by atoms with Crippen molar-refractivity contribution in [3.63, 3.8) is 0 Å². The molecule has 0 radical (unpaired) electrons. The minimum absolute atomic E-state index is 0.0668. The van der Waals surface area contributed by atoms with Crippen LogP contribution in [0.2, 0.25) is 0 Å². The van der Waals surface area contributed by atoms with E-state index in [1.54, 1.807) is 0 Å². The third-order valence-electron chi connectivity index (χ3n) is 15.2. The monoisotopic (exact) mass is 1040 g/mol. The Bertz CT molecular complexity index is 1190. The molecule has 436 valence electrons. The van der Waals surface area contributed by atoms with E-state index in [9.17, 15) is 14.4 Å². The maximum absolute atomic E-state index is 12.9. The fraction of sp³-hybridized carbons (Fsp3) is 0.897. The summed E-state index contributed by atoms with van der Waals surface area (Å²) in [6.45, 7) is 6.69. The van der Waals surface area contributed by atoms with Crippen LogP contribution in [0.15, 0.2) is 24.3 Å². The van der Waals surface area contributed by atoms with Crippen molar-refractivity contribution in [2.24, 2.45) is 0 Å². The van der Waals surface area contributed by atoms with Gasteiger partial charge in [0.2, 0.25) is 0 Å². The van der Waals surface area contributed by atoms with Crippen LogP contribution < -0.4 is 0 Å². The van der Waals surface area contributed by atoms with Crippen molar-refractivity contribution in [1.29, 1.82) is 0 Å². The van der Waals surface area contributed by atoms with Crippen molar-refractivity contribution in [3.8, 4) is 0 Å². The molecular weight excluding hydrogens is 913 g/mol. The van der Waals surface area contributed by atoms with Crippen LogP contribution in [0.5, 0.6) is 0 Å². The van der Waals surface area contributed by atoms with Gasteiger partial charge in [-0.25, -0.2) is 0 Å². The Hall–Kier alpha value is -2.11. The van der Waals surface area contributed by atoms with E-state index in [1.807, 2.05) is 0 Å². The van der Waals surface area contributed by atoms with Crippen LogP contribution >= 0.6 is 0 Å². The van der Waals surface area contributed by atoms with E-state index in [0.717, 1.165) is 64.2 Å². The summed E-state index contributed by atoms with van der Waals surface area (Å²) in [6, 6.07) is 0. The molecule has 0 aromatic heterocycles. The summed E-state index contributed by atoms with van der Waals surface area (Å²) in [6.07, 6.45) is 76.3. The van der Waals surface area contributed by atoms with Crippen LogP contribution in [0, 0.1) is 0 Å². The second-order valence-electron chi connectivity index (χ2n) is 22.7. The summed E-state index contributed by atoms with van der Waals surface area (Å²) >= 11 is 0. The molecule has 1 atom stereocenters. The van der Waals surface area contributed by atoms with Gasteiger partial charge in [-0.05, 0) is 51.4 Å². The number of ether oxygens (including phenoxy) is 3. The molecule has 0 fully saturated rings. The zero-order valence-corrected chi connectivity index (χ0v) is 50.1. The standard InChI is InChI=1S/C68H128O6/c1-4-7-10-13-16-19-22-24-26-28-30-32-33-34-36-37-39-41-43-46-49-52-55-58-61-67(70)73-64-65(63-72-66(69)60-57-54-51-48-45-21-18-15-12-9-6-3)74-68(71)62-59-56-53-50-47-44-42-40-38-35-31-29-27-25-23-20-17-14-11-8-5-2/h23,25,29,31,65H,4-22,24,26-28,30,32-64H2,1-3H3/b25-23-,31-29-. The highest BCUT2D eigenvalue weighted by Crippen LogP contribution is 2.18. The van der Waals surface area contributed by atoms with E-state index in [0.29, 0.717) is 19.3 Å². The van der Waals surface area contributed by atoms with E-state index >= 15 is 0 Å². The zero-order valence-electron chi connectivity index (χ0n) is 50.1. The van der Waals surface area contributed by atoms with Crippen molar-refractivity contribution in [2.75, 3.05) is 13.2 Å². The van der Waals surface area contributed by atoms with Crippen molar-refractivity contribution >= 4 is 17.9 Å². The lowest BCUT2D eigenvalue weighted by Crippen LogP contribution is -2.30. The van der Waals surface area contributed by atoms with E-state index in [2.05, 4.69) is 45.1 Å². The maximum atomic E-state index is 12.9. The molecule has 0 aromatic rings. The molecule has 0 aliphatic heterocycles. The van der Waals surface area contributed by atoms with Crippen LogP contribution in [-0.2, 0) is 28.6 Å². The first-order valence-electron chi connectivity index (χ1n) is 33.3. The average Bonchev–Trinajstić information content (AvgIpc) is 3.40. The first-order chi connectivity index (χ1) is 36.5. The molecule has 0 bridgehead atoms. The van der Waals surface area contributed by atoms with Gasteiger partial charge in [0, 0.05) is 19.3 Å². The van der Waals surface area contributed by atoms with Gasteiger partial charge in [0.05, 0.1) is 0 Å². The van der Waals surface area contributed by atoms with Crippen LogP contribution in [-0.4, -0.2) is 37.2 Å². The molecule has 74 heavy (non-hydrogen) atoms. The Morgan fingerprint density at radius 1 is 0.270 bits per heavy atom. The summed E-state index contributed by atoms with van der Waals surface area (Å²) in [4.78, 5) is 38.3. The highest BCUT2D eigenvalue weighted by Gasteiger charge is 2.19. The van der Waals surface area contributed by atoms with Gasteiger partial charge in [0.15, 0.2) is 6.10 Å². The molecule has 6 heteroatoms. The maximum Gasteiger partial charge on any atom is 0.306 e. The fourth-order valence-corrected chi connectivity index (χ4v) is 10.2. The molecule has 0 aromatic carbocycles. The number of hydrogen-bond acceptors (Lipinski definition) is 6. The van der Waals surface area contributed by atoms with Crippen LogP contribution in [0.1, 0.15) is 374 Å². The molecule has 0 amide bonds. The number of allylic oxidation sites excluding steroid dienone is 4. The Balaban J connectivity index is 4.20. The number of hydrogen-bond donors (Lipinski definition) is 0. The van der Waals surface area contributed by atoms with Gasteiger partial charge in [-0.2, -0.15) is 0 Å². The van der Waals surface area contributed by atoms with Gasteiger partial charge in [0.25, 0.3) is 0 Å². The number of carbonyl (C=O) groups is 3. The summed E-state index contributed by atoms with van der Waals surface area (Å²) < 4.78 is 16.9. The summed E-state index contributed by atoms with van der Waals surface area (Å²) in [5, 5.41) is 0. The first kappa shape index (κ1) is 71.9. The molecule has 0 saturated carbocycles. The van der Waals surface area contributed by atoms with Gasteiger partial charge in [0.1, 0.15) is 13.2 Å². The number of unbranched alkanes of at least 4 members (excludes halogenated alkanes) is 47. The second-order valence-corrected chi connectivity index (χ2v) is 22.7. The molecule has 0 saturated heterocycles. The molecule has 1 unspecified atom stereocenters. The molecule has 0 rings (SSSR count). The van der Waals surface area contributed by atoms with E-state index in [-0.39, 0.29) is 31.1 Å². The van der Waals surface area contributed by atoms with Gasteiger partial charge < -0.3 is 14.2 Å². The quantitative estimate of drug-likeness (QED) is 0.0261. The minimum atomic E-state index is -0.769. The molecule has 0 aliphatic rings. The highest BCUT2D eigenvalue weighted by atomic mass is 16.6. The lowest BCUT2D eigenvalue weighted by Gasteiger charge is -2.18. The molecular formula is C68H128O6. The zero-order chi connectivity index (χ0) is 53.6. The van der Waals surface area contributed by atoms with Crippen molar-refractivity contribution in [1.82, 2.24) is 0 Å². The third-order valence-corrected chi connectivity index (χ3v) is 15.2. The van der Waals surface area contributed by atoms with Crippen molar-refractivity contribution in [3.05, 3.63) is 24.3 Å². The lowest BCUT2D eigenvalue weighted by molar-refractivity contribution is -0.167. The summed E-state index contributed by atoms with van der Waals surface area (Å²) in [7, 11) is 0. The van der Waals surface area contributed by atoms with Crippen LogP contribution in [0.25, 0.3) is 0 Å². The molecule has 0 aliphatic carbocycles. The van der Waals surface area contributed by atoms with Crippen LogP contribution in [0.3, 0.4) is 0 Å². The molecule has 0 heterocycles. The third kappa shape index (κ3) is 60.8. The minimum Gasteiger partial charge on any atom is -0.462 e. The van der Waals surface area contributed by atoms with Gasteiger partial charge in [-0.15, -0.1) is 0 Å². The SMILES string of the molecule is CCCCCCC/C=C\C/C=C\CCCCCCCCCCCC(=O)OC(COC(=O)CCCCCCCCCCCCC)COC(=O)CCCCCCCCCCCCCCCCCCCCCCCCCC. The average molecular weight is 1040 g/mol. The number of esters is 3. The smallest absolute Gasteiger partial charge is 0.306 e. The first-order valence-corrected chi connectivity index (χ1v) is 33.3.